The lowest BCUT2D eigenvalue weighted by atomic mass is 10.1. The molecule has 0 unspecified atom stereocenters. The van der Waals surface area contributed by atoms with E-state index in [2.05, 4.69) is 107 Å². The fourth-order valence-electron chi connectivity index (χ4n) is 2.99. The Hall–Kier alpha value is -1.90. The molecule has 2 rings (SSSR count). The highest BCUT2D eigenvalue weighted by Gasteiger charge is 2.44. The average molecular weight is 379 g/mol. The molecule has 0 aliphatic heterocycles. The molecular formula is C25H34OSi. The van der Waals surface area contributed by atoms with Crippen molar-refractivity contribution in [2.24, 2.45) is 0 Å². The van der Waals surface area contributed by atoms with Gasteiger partial charge in [0.1, 0.15) is 0 Å². The predicted octanol–water partition coefficient (Wildman–Crippen LogP) is 7.45. The monoisotopic (exact) mass is 378 g/mol. The maximum Gasteiger partial charge on any atom is 0.0926 e. The van der Waals surface area contributed by atoms with E-state index in [-0.39, 0.29) is 16.9 Å². The zero-order valence-electron chi connectivity index (χ0n) is 17.5. The lowest BCUT2D eigenvalue weighted by Crippen LogP contribution is -2.46. The first-order chi connectivity index (χ1) is 12.8. The number of ether oxygens (including phenoxy) is 1. The van der Waals surface area contributed by atoms with Gasteiger partial charge in [0.2, 0.25) is 0 Å². The average Bonchev–Trinajstić information content (AvgIpc) is 2.64. The van der Waals surface area contributed by atoms with Crippen LogP contribution in [0, 0.1) is 0 Å². The maximum absolute atomic E-state index is 6.79. The first-order valence-electron chi connectivity index (χ1n) is 9.80. The summed E-state index contributed by atoms with van der Waals surface area (Å²) in [4.78, 5) is 0. The highest BCUT2D eigenvalue weighted by Crippen LogP contribution is 2.46. The van der Waals surface area contributed by atoms with Crippen molar-refractivity contribution in [3.63, 3.8) is 0 Å². The van der Waals surface area contributed by atoms with Crippen LogP contribution in [0.25, 0.3) is 6.08 Å². The van der Waals surface area contributed by atoms with Crippen molar-refractivity contribution in [3.8, 4) is 0 Å². The Morgan fingerprint density at radius 2 is 1.52 bits per heavy atom. The van der Waals surface area contributed by atoms with Gasteiger partial charge in [-0.05, 0) is 22.6 Å². The van der Waals surface area contributed by atoms with Gasteiger partial charge >= 0.3 is 0 Å². The molecular weight excluding hydrogens is 344 g/mol. The Balaban J connectivity index is 2.33. The molecule has 0 spiro atoms. The highest BCUT2D eigenvalue weighted by molar-refractivity contribution is 6.81. The van der Waals surface area contributed by atoms with Crippen LogP contribution < -0.4 is 0 Å². The van der Waals surface area contributed by atoms with E-state index in [1.165, 1.54) is 11.1 Å². The van der Waals surface area contributed by atoms with E-state index >= 15 is 0 Å². The second kappa shape index (κ2) is 9.34. The minimum atomic E-state index is -1.77. The molecule has 0 radical (unpaired) electrons. The molecule has 2 heteroatoms. The van der Waals surface area contributed by atoms with Gasteiger partial charge in [-0.3, -0.25) is 0 Å². The van der Waals surface area contributed by atoms with E-state index in [0.717, 1.165) is 6.42 Å². The zero-order chi connectivity index (χ0) is 19.9. The van der Waals surface area contributed by atoms with Crippen LogP contribution in [-0.4, -0.2) is 14.2 Å². The number of hydrogen-bond donors (Lipinski definition) is 0. The number of hydrogen-bond acceptors (Lipinski definition) is 1. The normalized spacial score (nSPS) is 14.9. The van der Waals surface area contributed by atoms with E-state index in [1.807, 2.05) is 12.1 Å². The van der Waals surface area contributed by atoms with Gasteiger partial charge in [-0.25, -0.2) is 0 Å². The summed E-state index contributed by atoms with van der Waals surface area (Å²) in [7, 11) is -1.77. The molecule has 0 aromatic heterocycles. The largest absolute Gasteiger partial charge is 0.369 e. The van der Waals surface area contributed by atoms with Gasteiger partial charge in [0, 0.05) is 0 Å². The van der Waals surface area contributed by atoms with Crippen molar-refractivity contribution < 1.29 is 4.74 Å². The molecule has 144 valence electrons. The summed E-state index contributed by atoms with van der Waals surface area (Å²) in [6, 6.07) is 21.1. The van der Waals surface area contributed by atoms with E-state index < -0.39 is 8.07 Å². The van der Waals surface area contributed by atoms with Gasteiger partial charge in [0.25, 0.3) is 0 Å². The molecule has 0 aliphatic carbocycles. The second-order valence-corrected chi connectivity index (χ2v) is 14.2. The van der Waals surface area contributed by atoms with Crippen molar-refractivity contribution in [1.82, 2.24) is 0 Å². The lowest BCUT2D eigenvalue weighted by molar-refractivity contribution is 0.0535. The highest BCUT2D eigenvalue weighted by atomic mass is 28.3. The Bertz CT molecular complexity index is 726. The summed E-state index contributed by atoms with van der Waals surface area (Å²) < 4.78 is 6.79. The molecule has 0 aliphatic rings. The van der Waals surface area contributed by atoms with Crippen LogP contribution in [0.2, 0.25) is 18.1 Å². The van der Waals surface area contributed by atoms with Crippen molar-refractivity contribution >= 4 is 14.1 Å². The van der Waals surface area contributed by atoms with Crippen molar-refractivity contribution in [2.75, 3.05) is 0 Å². The van der Waals surface area contributed by atoms with E-state index in [1.54, 1.807) is 0 Å². The first kappa shape index (κ1) is 21.4. The fourth-order valence-corrected chi connectivity index (χ4v) is 5.31. The van der Waals surface area contributed by atoms with Crippen LogP contribution in [0.3, 0.4) is 0 Å². The summed E-state index contributed by atoms with van der Waals surface area (Å²) in [6.45, 7) is 15.9. The molecule has 0 heterocycles. The van der Waals surface area contributed by atoms with Crippen molar-refractivity contribution in [1.29, 1.82) is 0 Å². The summed E-state index contributed by atoms with van der Waals surface area (Å²) >= 11 is 0. The summed E-state index contributed by atoms with van der Waals surface area (Å²) in [5, 5.41) is 0.232. The van der Waals surface area contributed by atoms with E-state index in [9.17, 15) is 0 Å². The summed E-state index contributed by atoms with van der Waals surface area (Å²) in [5.41, 5.74) is 2.61. The number of rotatable bonds is 8. The van der Waals surface area contributed by atoms with E-state index in [4.69, 9.17) is 4.74 Å². The molecule has 2 aromatic carbocycles. The van der Waals surface area contributed by atoms with Crippen LogP contribution in [0.15, 0.2) is 79.4 Å². The lowest BCUT2D eigenvalue weighted by Gasteiger charge is -2.44. The molecule has 0 bridgehead atoms. The quantitative estimate of drug-likeness (QED) is 0.342. The van der Waals surface area contributed by atoms with Crippen molar-refractivity contribution in [2.45, 2.75) is 57.2 Å². The predicted molar refractivity (Wildman–Crippen MR) is 122 cm³/mol. The topological polar surface area (TPSA) is 9.23 Å². The molecule has 0 saturated carbocycles. The van der Waals surface area contributed by atoms with Crippen LogP contribution in [0.1, 0.15) is 44.0 Å². The standard InChI is InChI=1S/C25H34OSi/c1-7-14-23(20-19-21-15-10-8-11-16-21)26-24(22-17-12-9-13-18-22)27(5,6)25(2,3)4/h7-13,15-20,23-24H,1,14H2,2-6H3/b20-19+/t23-,24-/m0/s1. The first-order valence-corrected chi connectivity index (χ1v) is 12.9. The van der Waals surface area contributed by atoms with Crippen molar-refractivity contribution in [3.05, 3.63) is 90.5 Å². The third-order valence-electron chi connectivity index (χ3n) is 5.70. The van der Waals surface area contributed by atoms with Crippen LogP contribution in [-0.2, 0) is 4.74 Å². The smallest absolute Gasteiger partial charge is 0.0926 e. The fraction of sp³-hybridized carbons (Fsp3) is 0.360. The van der Waals surface area contributed by atoms with Gasteiger partial charge in [-0.15, -0.1) is 6.58 Å². The third kappa shape index (κ3) is 5.79. The minimum absolute atomic E-state index is 0.0158. The Labute approximate surface area is 166 Å². The summed E-state index contributed by atoms with van der Waals surface area (Å²) in [5.74, 6) is 0. The van der Waals surface area contributed by atoms with E-state index in [0.29, 0.717) is 0 Å². The van der Waals surface area contributed by atoms with Gasteiger partial charge in [-0.2, -0.15) is 0 Å². The maximum atomic E-state index is 6.79. The minimum Gasteiger partial charge on any atom is -0.369 e. The molecule has 1 nitrogen and oxygen atoms in total. The van der Waals surface area contributed by atoms with Crippen LogP contribution in [0.5, 0.6) is 0 Å². The molecule has 0 fully saturated rings. The zero-order valence-corrected chi connectivity index (χ0v) is 18.5. The van der Waals surface area contributed by atoms with Gasteiger partial charge < -0.3 is 4.74 Å². The SMILES string of the molecule is C=CC[C@@H](/C=C/c1ccccc1)O[C@H](c1ccccc1)[Si](C)(C)C(C)(C)C. The molecule has 0 saturated heterocycles. The Morgan fingerprint density at radius 1 is 0.963 bits per heavy atom. The molecule has 0 N–H and O–H groups in total. The van der Waals surface area contributed by atoms with Crippen LogP contribution >= 0.6 is 0 Å². The Kier molecular flexibility index (Phi) is 7.40. The Morgan fingerprint density at radius 3 is 2.04 bits per heavy atom. The number of benzene rings is 2. The molecule has 27 heavy (non-hydrogen) atoms. The third-order valence-corrected chi connectivity index (χ3v) is 11.3. The van der Waals surface area contributed by atoms with Crippen LogP contribution in [0.4, 0.5) is 0 Å². The molecule has 2 aromatic rings. The van der Waals surface area contributed by atoms with Gasteiger partial charge in [0.05, 0.1) is 19.9 Å². The second-order valence-electron chi connectivity index (χ2n) is 8.73. The molecule has 2 atom stereocenters. The molecule has 0 amide bonds. The van der Waals surface area contributed by atoms with Gasteiger partial charge in [-0.1, -0.05) is 113 Å². The van der Waals surface area contributed by atoms with Gasteiger partial charge in [0.15, 0.2) is 0 Å². The summed E-state index contributed by atoms with van der Waals surface area (Å²) in [6.07, 6.45) is 7.11.